The number of carbonyl (C=O) groups excluding carboxylic acids is 3. The van der Waals surface area contributed by atoms with Crippen molar-refractivity contribution < 1.29 is 19.1 Å². The molecule has 1 atom stereocenters. The Balaban J connectivity index is 1.20. The highest BCUT2D eigenvalue weighted by Crippen LogP contribution is 2.46. The van der Waals surface area contributed by atoms with Crippen molar-refractivity contribution in [2.24, 2.45) is 0 Å². The zero-order chi connectivity index (χ0) is 22.6. The average Bonchev–Trinajstić information content (AvgIpc) is 3.32. The van der Waals surface area contributed by atoms with Gasteiger partial charge in [0.25, 0.3) is 5.91 Å². The summed E-state index contributed by atoms with van der Waals surface area (Å²) in [7, 11) is 0. The predicted molar refractivity (Wildman–Crippen MR) is 120 cm³/mol. The molecule has 7 heteroatoms. The number of nitrogens with zero attached hydrogens (tertiary/aromatic N) is 2. The fourth-order valence-corrected chi connectivity index (χ4v) is 5.83. The number of hydrogen-bond acceptors (Lipinski definition) is 5. The molecule has 3 amide bonds. The molecular formula is C26H27N3O4. The molecule has 7 nitrogen and oxygen atoms in total. The van der Waals surface area contributed by atoms with Gasteiger partial charge in [-0.25, -0.2) is 0 Å². The van der Waals surface area contributed by atoms with Crippen LogP contribution in [-0.4, -0.2) is 46.7 Å². The molecule has 1 unspecified atom stereocenters. The van der Waals surface area contributed by atoms with Gasteiger partial charge >= 0.3 is 0 Å². The Labute approximate surface area is 192 Å². The van der Waals surface area contributed by atoms with Crippen molar-refractivity contribution >= 4 is 17.7 Å². The Kier molecular flexibility index (Phi) is 4.85. The van der Waals surface area contributed by atoms with Gasteiger partial charge in [0, 0.05) is 38.2 Å². The number of carbonyl (C=O) groups is 3. The van der Waals surface area contributed by atoms with Crippen molar-refractivity contribution in [3.63, 3.8) is 0 Å². The molecule has 6 rings (SSSR count). The summed E-state index contributed by atoms with van der Waals surface area (Å²) in [5.74, 6) is -0.761. The van der Waals surface area contributed by atoms with Crippen LogP contribution in [0.4, 0.5) is 0 Å². The Bertz CT molecular complexity index is 1140. The van der Waals surface area contributed by atoms with Crippen LogP contribution in [0.3, 0.4) is 0 Å². The number of imide groups is 1. The van der Waals surface area contributed by atoms with Crippen LogP contribution in [0.2, 0.25) is 0 Å². The first-order chi connectivity index (χ1) is 16.0. The lowest BCUT2D eigenvalue weighted by atomic mass is 9.82. The van der Waals surface area contributed by atoms with Gasteiger partial charge in [0.15, 0.2) is 0 Å². The Hall–Kier alpha value is -3.03. The van der Waals surface area contributed by atoms with Crippen LogP contribution >= 0.6 is 0 Å². The molecule has 0 aliphatic carbocycles. The monoisotopic (exact) mass is 445 g/mol. The molecule has 2 fully saturated rings. The summed E-state index contributed by atoms with van der Waals surface area (Å²) in [4.78, 5) is 41.1. The number of ether oxygens (including phenoxy) is 1. The molecule has 1 N–H and O–H groups in total. The molecule has 0 saturated carbocycles. The molecule has 170 valence electrons. The molecule has 1 spiro atoms. The van der Waals surface area contributed by atoms with Gasteiger partial charge in [0.1, 0.15) is 6.04 Å². The molecule has 0 aromatic heterocycles. The van der Waals surface area contributed by atoms with E-state index in [2.05, 4.69) is 40.5 Å². The summed E-state index contributed by atoms with van der Waals surface area (Å²) in [5.41, 5.74) is 4.96. The summed E-state index contributed by atoms with van der Waals surface area (Å²) in [6.07, 6.45) is 2.50. The second-order valence-corrected chi connectivity index (χ2v) is 9.61. The van der Waals surface area contributed by atoms with E-state index in [9.17, 15) is 14.4 Å². The van der Waals surface area contributed by atoms with E-state index in [1.54, 1.807) is 4.90 Å². The summed E-state index contributed by atoms with van der Waals surface area (Å²) >= 11 is 0. The van der Waals surface area contributed by atoms with Crippen molar-refractivity contribution in [3.05, 3.63) is 70.3 Å². The Morgan fingerprint density at radius 2 is 1.82 bits per heavy atom. The van der Waals surface area contributed by atoms with Crippen molar-refractivity contribution in [1.82, 2.24) is 15.1 Å². The lowest BCUT2D eigenvalue weighted by molar-refractivity contribution is -0.136. The summed E-state index contributed by atoms with van der Waals surface area (Å²) in [5, 5.41) is 2.37. The third kappa shape index (κ3) is 3.47. The summed E-state index contributed by atoms with van der Waals surface area (Å²) in [6, 6.07) is 14.1. The van der Waals surface area contributed by atoms with Crippen LogP contribution in [0.5, 0.6) is 0 Å². The maximum Gasteiger partial charge on any atom is 0.255 e. The molecular weight excluding hydrogens is 418 g/mol. The van der Waals surface area contributed by atoms with Crippen LogP contribution in [0.25, 0.3) is 0 Å². The number of hydrogen-bond donors (Lipinski definition) is 1. The molecule has 2 aromatic rings. The van der Waals surface area contributed by atoms with Gasteiger partial charge in [-0.2, -0.15) is 0 Å². The molecule has 33 heavy (non-hydrogen) atoms. The van der Waals surface area contributed by atoms with Gasteiger partial charge in [-0.05, 0) is 53.6 Å². The van der Waals surface area contributed by atoms with Gasteiger partial charge in [-0.1, -0.05) is 30.3 Å². The minimum atomic E-state index is -0.580. The van der Waals surface area contributed by atoms with Gasteiger partial charge in [-0.3, -0.25) is 24.6 Å². The first-order valence-electron chi connectivity index (χ1n) is 11.7. The van der Waals surface area contributed by atoms with Crippen LogP contribution in [0, 0.1) is 0 Å². The lowest BCUT2D eigenvalue weighted by Crippen LogP contribution is -2.52. The average molecular weight is 446 g/mol. The third-order valence-corrected chi connectivity index (χ3v) is 7.65. The topological polar surface area (TPSA) is 79.0 Å². The molecule has 4 aliphatic heterocycles. The summed E-state index contributed by atoms with van der Waals surface area (Å²) < 4.78 is 6.38. The number of rotatable bonds is 3. The third-order valence-electron chi connectivity index (χ3n) is 7.65. The van der Waals surface area contributed by atoms with Crippen molar-refractivity contribution in [2.75, 3.05) is 13.1 Å². The van der Waals surface area contributed by atoms with E-state index in [-0.39, 0.29) is 29.7 Å². The number of benzene rings is 2. The van der Waals surface area contributed by atoms with Crippen LogP contribution < -0.4 is 5.32 Å². The fraction of sp³-hybridized carbons (Fsp3) is 0.423. The van der Waals surface area contributed by atoms with E-state index < -0.39 is 6.04 Å². The van der Waals surface area contributed by atoms with Gasteiger partial charge in [0.05, 0.1) is 12.2 Å². The normalized spacial score (nSPS) is 24.2. The van der Waals surface area contributed by atoms with E-state index in [1.807, 2.05) is 12.1 Å². The predicted octanol–water partition coefficient (Wildman–Crippen LogP) is 2.47. The zero-order valence-corrected chi connectivity index (χ0v) is 18.5. The lowest BCUT2D eigenvalue weighted by Gasteiger charge is -2.39. The maximum absolute atomic E-state index is 13.1. The first-order valence-corrected chi connectivity index (χ1v) is 11.7. The molecule has 2 saturated heterocycles. The second kappa shape index (κ2) is 7.78. The molecule has 4 heterocycles. The second-order valence-electron chi connectivity index (χ2n) is 9.61. The van der Waals surface area contributed by atoms with E-state index in [1.165, 1.54) is 11.1 Å². The van der Waals surface area contributed by atoms with Gasteiger partial charge < -0.3 is 9.64 Å². The van der Waals surface area contributed by atoms with E-state index in [0.29, 0.717) is 25.1 Å². The highest BCUT2D eigenvalue weighted by molar-refractivity contribution is 6.05. The number of fused-ring (bicyclic) bond motifs is 3. The Morgan fingerprint density at radius 1 is 1.03 bits per heavy atom. The van der Waals surface area contributed by atoms with Gasteiger partial charge in [-0.15, -0.1) is 0 Å². The Morgan fingerprint density at radius 3 is 2.58 bits per heavy atom. The largest absolute Gasteiger partial charge is 0.365 e. The van der Waals surface area contributed by atoms with Crippen molar-refractivity contribution in [1.29, 1.82) is 0 Å². The standard InChI is InChI=1S/C26H27N3O4/c30-23-7-6-22(24(31)27-23)29-15-18-13-21-19(12-20(18)25(29)32)16-33-26(21)8-10-28(11-9-26)14-17-4-2-1-3-5-17/h1-5,12-13,22H,6-11,14-16H2,(H,27,30,31). The molecule has 0 radical (unpaired) electrons. The van der Waals surface area contributed by atoms with Crippen LogP contribution in [0.15, 0.2) is 42.5 Å². The first kappa shape index (κ1) is 20.6. The van der Waals surface area contributed by atoms with E-state index in [4.69, 9.17) is 4.74 Å². The van der Waals surface area contributed by atoms with Gasteiger partial charge in [0.2, 0.25) is 11.8 Å². The van der Waals surface area contributed by atoms with Crippen molar-refractivity contribution in [2.45, 2.75) is 57.0 Å². The molecule has 0 bridgehead atoms. The van der Waals surface area contributed by atoms with Crippen LogP contribution in [0.1, 0.15) is 58.3 Å². The maximum atomic E-state index is 13.1. The molecule has 2 aromatic carbocycles. The number of piperidine rings is 2. The highest BCUT2D eigenvalue weighted by atomic mass is 16.5. The minimum absolute atomic E-state index is 0.124. The van der Waals surface area contributed by atoms with E-state index >= 15 is 0 Å². The van der Waals surface area contributed by atoms with Crippen LogP contribution in [-0.2, 0) is 39.6 Å². The smallest absolute Gasteiger partial charge is 0.255 e. The minimum Gasteiger partial charge on any atom is -0.365 e. The highest BCUT2D eigenvalue weighted by Gasteiger charge is 2.45. The summed E-state index contributed by atoms with van der Waals surface area (Å²) in [6.45, 7) is 3.81. The SMILES string of the molecule is O=C1CCC(N2Cc3cc4c(cc3C2=O)COC42CCN(Cc3ccccc3)CC2)C(=O)N1. The molecule has 4 aliphatic rings. The number of likely N-dealkylation sites (tertiary alicyclic amines) is 1. The number of amides is 3. The quantitative estimate of drug-likeness (QED) is 0.735. The van der Waals surface area contributed by atoms with E-state index in [0.717, 1.165) is 43.6 Å². The fourth-order valence-electron chi connectivity index (χ4n) is 5.83. The number of nitrogens with one attached hydrogen (secondary N) is 1. The zero-order valence-electron chi connectivity index (χ0n) is 18.5. The van der Waals surface area contributed by atoms with Crippen molar-refractivity contribution in [3.8, 4) is 0 Å².